The molecule has 0 spiro atoms. The number of hydrogen-bond donors (Lipinski definition) is 1. The number of rotatable bonds is 8. The standard InChI is InChI=1S/C16H26BrNO2/c1-6-18-11-16(2,3)10-9-12-7-8-13(19-4)14(17)15(12)20-5/h7-8,18H,6,9-11H2,1-5H3. The largest absolute Gasteiger partial charge is 0.495 e. The van der Waals surface area contributed by atoms with E-state index in [1.807, 2.05) is 6.07 Å². The molecule has 0 radical (unpaired) electrons. The maximum absolute atomic E-state index is 5.52. The molecule has 0 saturated heterocycles. The summed E-state index contributed by atoms with van der Waals surface area (Å²) in [5.74, 6) is 1.68. The second-order valence-corrected chi connectivity index (χ2v) is 6.51. The van der Waals surface area contributed by atoms with Gasteiger partial charge in [-0.25, -0.2) is 0 Å². The first-order valence-electron chi connectivity index (χ1n) is 7.05. The zero-order valence-electron chi connectivity index (χ0n) is 13.2. The van der Waals surface area contributed by atoms with Gasteiger partial charge in [0.15, 0.2) is 0 Å². The van der Waals surface area contributed by atoms with Crippen molar-refractivity contribution in [1.29, 1.82) is 0 Å². The van der Waals surface area contributed by atoms with Gasteiger partial charge in [0.1, 0.15) is 16.0 Å². The van der Waals surface area contributed by atoms with Crippen LogP contribution < -0.4 is 14.8 Å². The fourth-order valence-electron chi connectivity index (χ4n) is 2.18. The van der Waals surface area contributed by atoms with Crippen molar-refractivity contribution in [3.63, 3.8) is 0 Å². The first-order valence-corrected chi connectivity index (χ1v) is 7.84. The molecule has 0 atom stereocenters. The van der Waals surface area contributed by atoms with Gasteiger partial charge in [0.25, 0.3) is 0 Å². The molecule has 0 heterocycles. The van der Waals surface area contributed by atoms with Crippen molar-refractivity contribution in [2.45, 2.75) is 33.6 Å². The summed E-state index contributed by atoms with van der Waals surface area (Å²) in [5, 5.41) is 3.42. The highest BCUT2D eigenvalue weighted by Crippen LogP contribution is 2.38. The molecule has 0 bridgehead atoms. The molecule has 0 fully saturated rings. The minimum absolute atomic E-state index is 0.271. The lowest BCUT2D eigenvalue weighted by Crippen LogP contribution is -2.29. The van der Waals surface area contributed by atoms with Gasteiger partial charge in [-0.2, -0.15) is 0 Å². The number of aryl methyl sites for hydroxylation is 1. The molecule has 0 aliphatic heterocycles. The molecule has 20 heavy (non-hydrogen) atoms. The maximum Gasteiger partial charge on any atom is 0.139 e. The number of ether oxygens (including phenoxy) is 2. The van der Waals surface area contributed by atoms with Crippen LogP contribution in [0.15, 0.2) is 16.6 Å². The normalized spacial score (nSPS) is 11.5. The molecule has 0 aliphatic carbocycles. The Hall–Kier alpha value is -0.740. The third-order valence-corrected chi connectivity index (χ3v) is 4.24. The lowest BCUT2D eigenvalue weighted by atomic mass is 9.86. The molecule has 0 amide bonds. The van der Waals surface area contributed by atoms with Crippen molar-refractivity contribution in [1.82, 2.24) is 5.32 Å². The molecule has 1 N–H and O–H groups in total. The maximum atomic E-state index is 5.52. The van der Waals surface area contributed by atoms with Crippen molar-refractivity contribution < 1.29 is 9.47 Å². The second kappa shape index (κ2) is 7.89. The van der Waals surface area contributed by atoms with Gasteiger partial charge in [-0.15, -0.1) is 0 Å². The Bertz CT molecular complexity index is 433. The molecule has 4 heteroatoms. The minimum atomic E-state index is 0.271. The monoisotopic (exact) mass is 343 g/mol. The number of benzene rings is 1. The molecule has 0 saturated carbocycles. The van der Waals surface area contributed by atoms with Crippen LogP contribution >= 0.6 is 15.9 Å². The van der Waals surface area contributed by atoms with E-state index in [-0.39, 0.29) is 5.41 Å². The summed E-state index contributed by atoms with van der Waals surface area (Å²) in [6.07, 6.45) is 2.10. The zero-order valence-corrected chi connectivity index (χ0v) is 14.8. The van der Waals surface area contributed by atoms with E-state index in [1.165, 1.54) is 5.56 Å². The summed E-state index contributed by atoms with van der Waals surface area (Å²) < 4.78 is 11.7. The zero-order chi connectivity index (χ0) is 15.2. The quantitative estimate of drug-likeness (QED) is 0.772. The third kappa shape index (κ3) is 4.67. The molecular formula is C16H26BrNO2. The van der Waals surface area contributed by atoms with E-state index in [9.17, 15) is 0 Å². The van der Waals surface area contributed by atoms with E-state index < -0.39 is 0 Å². The van der Waals surface area contributed by atoms with E-state index in [2.05, 4.69) is 48.1 Å². The van der Waals surface area contributed by atoms with Crippen LogP contribution in [0.2, 0.25) is 0 Å². The van der Waals surface area contributed by atoms with Gasteiger partial charge in [0.05, 0.1) is 14.2 Å². The van der Waals surface area contributed by atoms with Crippen molar-refractivity contribution in [2.75, 3.05) is 27.3 Å². The van der Waals surface area contributed by atoms with Crippen LogP contribution in [0.5, 0.6) is 11.5 Å². The van der Waals surface area contributed by atoms with E-state index >= 15 is 0 Å². The molecule has 1 aromatic rings. The first-order chi connectivity index (χ1) is 9.45. The summed E-state index contributed by atoms with van der Waals surface area (Å²) in [6.45, 7) is 8.77. The SMILES string of the molecule is CCNCC(C)(C)CCc1ccc(OC)c(Br)c1OC. The Morgan fingerprint density at radius 2 is 1.90 bits per heavy atom. The smallest absolute Gasteiger partial charge is 0.139 e. The highest BCUT2D eigenvalue weighted by atomic mass is 79.9. The summed E-state index contributed by atoms with van der Waals surface area (Å²) in [5.41, 5.74) is 1.48. The average Bonchev–Trinajstić information content (AvgIpc) is 2.43. The Morgan fingerprint density at radius 1 is 1.20 bits per heavy atom. The number of hydrogen-bond acceptors (Lipinski definition) is 3. The Kier molecular flexibility index (Phi) is 6.83. The Morgan fingerprint density at radius 3 is 2.45 bits per heavy atom. The van der Waals surface area contributed by atoms with Crippen LogP contribution in [0.3, 0.4) is 0 Å². The van der Waals surface area contributed by atoms with E-state index in [4.69, 9.17) is 9.47 Å². The van der Waals surface area contributed by atoms with Gasteiger partial charge in [-0.1, -0.05) is 26.8 Å². The highest BCUT2D eigenvalue weighted by Gasteiger charge is 2.19. The van der Waals surface area contributed by atoms with Crippen LogP contribution in [0.4, 0.5) is 0 Å². The van der Waals surface area contributed by atoms with Crippen molar-refractivity contribution >= 4 is 15.9 Å². The van der Waals surface area contributed by atoms with Crippen molar-refractivity contribution in [3.05, 3.63) is 22.2 Å². The number of halogens is 1. The number of methoxy groups -OCH3 is 2. The summed E-state index contributed by atoms with van der Waals surface area (Å²) in [6, 6.07) is 4.07. The lowest BCUT2D eigenvalue weighted by Gasteiger charge is -2.25. The van der Waals surface area contributed by atoms with Crippen LogP contribution in [-0.4, -0.2) is 27.3 Å². The Labute approximate surface area is 131 Å². The van der Waals surface area contributed by atoms with Crippen LogP contribution in [0.1, 0.15) is 32.8 Å². The van der Waals surface area contributed by atoms with Gasteiger partial charge < -0.3 is 14.8 Å². The van der Waals surface area contributed by atoms with Crippen molar-refractivity contribution in [3.8, 4) is 11.5 Å². The molecule has 114 valence electrons. The highest BCUT2D eigenvalue weighted by molar-refractivity contribution is 9.10. The molecule has 0 aromatic heterocycles. The van der Waals surface area contributed by atoms with Gasteiger partial charge in [-0.05, 0) is 52.4 Å². The fraction of sp³-hybridized carbons (Fsp3) is 0.625. The summed E-state index contributed by atoms with van der Waals surface area (Å²) in [4.78, 5) is 0. The molecular weight excluding hydrogens is 318 g/mol. The molecule has 1 aromatic carbocycles. The molecule has 0 aliphatic rings. The van der Waals surface area contributed by atoms with Crippen LogP contribution in [0.25, 0.3) is 0 Å². The van der Waals surface area contributed by atoms with Gasteiger partial charge in [-0.3, -0.25) is 0 Å². The fourth-order valence-corrected chi connectivity index (χ4v) is 2.89. The Balaban J connectivity index is 2.80. The predicted molar refractivity (Wildman–Crippen MR) is 87.9 cm³/mol. The predicted octanol–water partition coefficient (Wildman–Crippen LogP) is 4.03. The first kappa shape index (κ1) is 17.3. The molecule has 3 nitrogen and oxygen atoms in total. The van der Waals surface area contributed by atoms with Gasteiger partial charge in [0.2, 0.25) is 0 Å². The topological polar surface area (TPSA) is 30.5 Å². The minimum Gasteiger partial charge on any atom is -0.495 e. The van der Waals surface area contributed by atoms with Crippen LogP contribution in [0, 0.1) is 5.41 Å². The second-order valence-electron chi connectivity index (χ2n) is 5.72. The number of nitrogens with one attached hydrogen (secondary N) is 1. The molecule has 1 rings (SSSR count). The summed E-state index contributed by atoms with van der Waals surface area (Å²) >= 11 is 3.55. The summed E-state index contributed by atoms with van der Waals surface area (Å²) in [7, 11) is 3.37. The van der Waals surface area contributed by atoms with Crippen molar-refractivity contribution in [2.24, 2.45) is 5.41 Å². The van der Waals surface area contributed by atoms with E-state index in [1.54, 1.807) is 14.2 Å². The lowest BCUT2D eigenvalue weighted by molar-refractivity contribution is 0.314. The van der Waals surface area contributed by atoms with Crippen LogP contribution in [-0.2, 0) is 6.42 Å². The van der Waals surface area contributed by atoms with Gasteiger partial charge >= 0.3 is 0 Å². The molecule has 0 unspecified atom stereocenters. The average molecular weight is 344 g/mol. The van der Waals surface area contributed by atoms with E-state index in [0.717, 1.165) is 41.9 Å². The van der Waals surface area contributed by atoms with E-state index in [0.29, 0.717) is 0 Å². The van der Waals surface area contributed by atoms with Gasteiger partial charge in [0, 0.05) is 6.54 Å². The third-order valence-electron chi connectivity index (χ3n) is 3.49.